The van der Waals surface area contributed by atoms with Crippen molar-refractivity contribution in [3.8, 4) is 5.75 Å². The van der Waals surface area contributed by atoms with E-state index in [1.807, 2.05) is 26.0 Å². The van der Waals surface area contributed by atoms with Crippen LogP contribution in [0.15, 0.2) is 36.7 Å². The Labute approximate surface area is 198 Å². The zero-order valence-corrected chi connectivity index (χ0v) is 19.4. The summed E-state index contributed by atoms with van der Waals surface area (Å²) in [4.78, 5) is 15.1. The Bertz CT molecular complexity index is 1400. The monoisotopic (exact) mass is 517 g/mol. The Kier molecular flexibility index (Phi) is 5.83. The number of H-pyrrole nitrogens is 1. The molecule has 9 nitrogen and oxygen atoms in total. The number of ether oxygens (including phenoxy) is 1. The summed E-state index contributed by atoms with van der Waals surface area (Å²) < 4.78 is 7.15. The number of phenolic OH excluding ortho intramolecular Hbond substituents is 1. The van der Waals surface area contributed by atoms with Gasteiger partial charge in [-0.2, -0.15) is 4.57 Å². The smallest absolute Gasteiger partial charge is 0.292 e. The van der Waals surface area contributed by atoms with Gasteiger partial charge in [-0.15, -0.1) is 0 Å². The minimum absolute atomic E-state index is 0. The molecule has 1 aliphatic rings. The van der Waals surface area contributed by atoms with Crippen molar-refractivity contribution in [1.82, 2.24) is 4.98 Å². The molecule has 0 saturated carbocycles. The molecule has 7 N–H and O–H groups in total. The van der Waals surface area contributed by atoms with Crippen LogP contribution in [0.3, 0.4) is 0 Å². The van der Waals surface area contributed by atoms with E-state index in [1.54, 1.807) is 29.1 Å². The highest BCUT2D eigenvalue weighted by Crippen LogP contribution is 2.37. The largest absolute Gasteiger partial charge is 1.00 e. The number of amides is 1. The molecule has 3 heterocycles. The van der Waals surface area contributed by atoms with Crippen LogP contribution in [0.2, 0.25) is 0 Å². The number of benzene rings is 2. The van der Waals surface area contributed by atoms with E-state index in [0.29, 0.717) is 0 Å². The van der Waals surface area contributed by atoms with Gasteiger partial charge in [0.05, 0.1) is 5.52 Å². The highest BCUT2D eigenvalue weighted by molar-refractivity contribution is 6.16. The molecule has 5 unspecified atom stereocenters. The molecule has 33 heavy (non-hydrogen) atoms. The van der Waals surface area contributed by atoms with Gasteiger partial charge in [-0.25, -0.2) is 0 Å². The highest BCUT2D eigenvalue weighted by Gasteiger charge is 2.50. The topological polar surface area (TPSA) is 153 Å². The fourth-order valence-electron chi connectivity index (χ4n) is 4.76. The number of carbonyl (C=O) groups is 1. The van der Waals surface area contributed by atoms with Crippen molar-refractivity contribution in [1.29, 1.82) is 0 Å². The number of phenols is 1. The lowest BCUT2D eigenvalue weighted by molar-refractivity contribution is -0.776. The van der Waals surface area contributed by atoms with Crippen molar-refractivity contribution in [2.75, 3.05) is 0 Å². The molecule has 4 aromatic rings. The van der Waals surface area contributed by atoms with Crippen LogP contribution in [-0.4, -0.2) is 55.7 Å². The van der Waals surface area contributed by atoms with Crippen LogP contribution < -0.4 is 27.3 Å². The number of hydrogen-bond acceptors (Lipinski definition) is 6. The first-order valence-electron chi connectivity index (χ1n) is 10.3. The average molecular weight is 518 g/mol. The molecule has 0 radical (unpaired) electrons. The Hall–Kier alpha value is -2.76. The molecule has 1 amide bonds. The zero-order valence-electron chi connectivity index (χ0n) is 17.9. The van der Waals surface area contributed by atoms with Gasteiger partial charge in [-0.1, -0.05) is 0 Å². The molecule has 5 rings (SSSR count). The molecule has 174 valence electrons. The average Bonchev–Trinajstić information content (AvgIpc) is 3.14. The minimum atomic E-state index is -1.62. The summed E-state index contributed by atoms with van der Waals surface area (Å²) in [5.41, 5.74) is 9.14. The van der Waals surface area contributed by atoms with E-state index in [1.165, 1.54) is 0 Å². The summed E-state index contributed by atoms with van der Waals surface area (Å²) in [6.07, 6.45) is -3.82. The molecule has 0 bridgehead atoms. The highest BCUT2D eigenvalue weighted by atomic mass is 79.9. The van der Waals surface area contributed by atoms with Crippen LogP contribution in [0.25, 0.3) is 32.6 Å². The quantitative estimate of drug-likeness (QED) is 0.162. The van der Waals surface area contributed by atoms with Crippen molar-refractivity contribution < 1.29 is 51.5 Å². The van der Waals surface area contributed by atoms with Crippen molar-refractivity contribution >= 4 is 38.5 Å². The molecule has 0 aliphatic carbocycles. The van der Waals surface area contributed by atoms with Gasteiger partial charge in [0, 0.05) is 27.7 Å². The summed E-state index contributed by atoms with van der Waals surface area (Å²) in [7, 11) is 0. The first-order chi connectivity index (χ1) is 15.2. The van der Waals surface area contributed by atoms with Gasteiger partial charge in [0.1, 0.15) is 18.0 Å². The van der Waals surface area contributed by atoms with E-state index in [0.717, 1.165) is 43.7 Å². The van der Waals surface area contributed by atoms with Crippen LogP contribution >= 0.6 is 0 Å². The number of nitrogens with zero attached hydrogens (tertiary/aromatic N) is 1. The van der Waals surface area contributed by atoms with Crippen LogP contribution in [0.5, 0.6) is 5.75 Å². The summed E-state index contributed by atoms with van der Waals surface area (Å²) >= 11 is 0. The fraction of sp³-hybridized carbons (Fsp3) is 0.304. The molecule has 2 aromatic carbocycles. The summed E-state index contributed by atoms with van der Waals surface area (Å²) in [6.45, 7) is 3.97. The van der Waals surface area contributed by atoms with E-state index in [2.05, 4.69) is 4.98 Å². The number of nitrogens with one attached hydrogen (secondary N) is 1. The Morgan fingerprint density at radius 3 is 2.45 bits per heavy atom. The third-order valence-corrected chi connectivity index (χ3v) is 6.48. The molecule has 1 saturated heterocycles. The second kappa shape index (κ2) is 8.23. The van der Waals surface area contributed by atoms with Gasteiger partial charge in [-0.05, 0) is 48.6 Å². The predicted octanol–water partition coefficient (Wildman–Crippen LogP) is -2.45. The maximum Gasteiger partial charge on any atom is 0.292 e. The van der Waals surface area contributed by atoms with E-state index in [-0.39, 0.29) is 22.7 Å². The number of fused-ring (bicyclic) bond motifs is 4. The molecular weight excluding hydrogens is 494 g/mol. The van der Waals surface area contributed by atoms with Gasteiger partial charge in [0.25, 0.3) is 6.23 Å². The number of aliphatic hydroxyl groups excluding tert-OH is 3. The number of halogens is 1. The molecule has 2 aromatic heterocycles. The fourth-order valence-corrected chi connectivity index (χ4v) is 4.76. The standard InChI is InChI=1S/C23H23N3O6.BrH/c1-9-14-8-26(23-20(30)18(28)19(29)21(32-23)22(24)31)6-5-12(14)10(2)17-16(9)13-7-11(27)3-4-15(13)25-17;/h3-8,18-21,23,28-30H,1-2H3,(H3,24,27,31);1H. The van der Waals surface area contributed by atoms with Crippen LogP contribution in [0.4, 0.5) is 0 Å². The van der Waals surface area contributed by atoms with Gasteiger partial charge >= 0.3 is 0 Å². The van der Waals surface area contributed by atoms with Crippen molar-refractivity contribution in [3.63, 3.8) is 0 Å². The third-order valence-electron chi connectivity index (χ3n) is 6.48. The van der Waals surface area contributed by atoms with Crippen molar-refractivity contribution in [3.05, 3.63) is 47.8 Å². The molecule has 1 aliphatic heterocycles. The number of aliphatic hydroxyl groups is 3. The molecule has 10 heteroatoms. The van der Waals surface area contributed by atoms with Gasteiger partial charge < -0.3 is 52.9 Å². The molecule has 0 spiro atoms. The van der Waals surface area contributed by atoms with Crippen molar-refractivity contribution in [2.24, 2.45) is 5.73 Å². The molecule has 1 fully saturated rings. The van der Waals surface area contributed by atoms with Crippen molar-refractivity contribution in [2.45, 2.75) is 44.5 Å². The van der Waals surface area contributed by atoms with E-state index >= 15 is 0 Å². The minimum Gasteiger partial charge on any atom is -1.00 e. The number of aromatic nitrogens is 2. The number of aryl methyl sites for hydroxylation is 2. The number of nitrogens with two attached hydrogens (primary N) is 1. The van der Waals surface area contributed by atoms with Gasteiger partial charge in [0.2, 0.25) is 5.91 Å². The molecular formula is C23H24BrN3O6. The Balaban J connectivity index is 0.00000259. The second-order valence-corrected chi connectivity index (χ2v) is 8.40. The number of primary amides is 1. The molecule has 5 atom stereocenters. The van der Waals surface area contributed by atoms with E-state index < -0.39 is 36.6 Å². The summed E-state index contributed by atoms with van der Waals surface area (Å²) in [5, 5.41) is 44.5. The first kappa shape index (κ1) is 23.4. The maximum absolute atomic E-state index is 11.7. The zero-order chi connectivity index (χ0) is 22.9. The number of pyridine rings is 1. The van der Waals surface area contributed by atoms with Gasteiger partial charge in [0.15, 0.2) is 24.6 Å². The lowest BCUT2D eigenvalue weighted by Gasteiger charge is -2.36. The first-order valence-corrected chi connectivity index (χ1v) is 10.3. The van der Waals surface area contributed by atoms with Gasteiger partial charge in [-0.3, -0.25) is 4.79 Å². The Morgan fingerprint density at radius 2 is 1.76 bits per heavy atom. The SMILES string of the molecule is Cc1c2cc[n+](C3OC(C(N)=O)C(O)C(O)C3O)cc2c(C)c2c1[nH]c1ccc(O)cc12.[Br-]. The number of rotatable bonds is 2. The summed E-state index contributed by atoms with van der Waals surface area (Å²) in [6, 6.07) is 7.05. The number of aromatic amines is 1. The van der Waals surface area contributed by atoms with Crippen LogP contribution in [0.1, 0.15) is 17.4 Å². The lowest BCUT2D eigenvalue weighted by atomic mass is 9.95. The number of carbonyl (C=O) groups excluding carboxylic acids is 1. The van der Waals surface area contributed by atoms with E-state index in [9.17, 15) is 25.2 Å². The Morgan fingerprint density at radius 1 is 1.03 bits per heavy atom. The predicted molar refractivity (Wildman–Crippen MR) is 116 cm³/mol. The number of aromatic hydroxyl groups is 1. The lowest BCUT2D eigenvalue weighted by Crippen LogP contribution is -3.00. The third kappa shape index (κ3) is 3.46. The van der Waals surface area contributed by atoms with E-state index in [4.69, 9.17) is 10.5 Å². The van der Waals surface area contributed by atoms with Crippen LogP contribution in [-0.2, 0) is 9.53 Å². The maximum atomic E-state index is 11.7. The summed E-state index contributed by atoms with van der Waals surface area (Å²) in [5.74, 6) is -0.760. The van der Waals surface area contributed by atoms with Crippen LogP contribution in [0, 0.1) is 13.8 Å². The second-order valence-electron chi connectivity index (χ2n) is 8.40. The number of hydrogen-bond donors (Lipinski definition) is 6. The normalized spacial score (nSPS) is 25.4.